The van der Waals surface area contributed by atoms with Gasteiger partial charge in [-0.15, -0.1) is 0 Å². The topological polar surface area (TPSA) is 59.7 Å². The number of furan rings is 1. The molecule has 0 bridgehead atoms. The lowest BCUT2D eigenvalue weighted by atomic mass is 9.97. The summed E-state index contributed by atoms with van der Waals surface area (Å²) in [5.74, 6) is -1.15. The Morgan fingerprint density at radius 3 is 2.81 bits per heavy atom. The van der Waals surface area contributed by atoms with Crippen molar-refractivity contribution in [1.29, 1.82) is 0 Å². The van der Waals surface area contributed by atoms with Crippen LogP contribution in [-0.4, -0.2) is 23.9 Å². The van der Waals surface area contributed by atoms with E-state index in [1.807, 2.05) is 0 Å². The standard InChI is InChI=1S/C10H12BrFO4/c1-3-15-9(13)8(12)10(2,14)6-4-5-7(11)16-6/h4-5,8,14H,3H2,1-2H3. The number of carbonyl (C=O) groups is 1. The Hall–Kier alpha value is -0.880. The van der Waals surface area contributed by atoms with Gasteiger partial charge in [-0.2, -0.15) is 0 Å². The van der Waals surface area contributed by atoms with Crippen molar-refractivity contribution in [1.82, 2.24) is 0 Å². The zero-order chi connectivity index (χ0) is 12.3. The maximum atomic E-state index is 13.7. The molecule has 1 rings (SSSR count). The molecule has 1 heterocycles. The van der Waals surface area contributed by atoms with E-state index in [4.69, 9.17) is 4.42 Å². The van der Waals surface area contributed by atoms with E-state index >= 15 is 0 Å². The molecule has 0 amide bonds. The first-order valence-corrected chi connectivity index (χ1v) is 5.47. The third kappa shape index (κ3) is 2.62. The van der Waals surface area contributed by atoms with Crippen LogP contribution in [0.5, 0.6) is 0 Å². The van der Waals surface area contributed by atoms with Crippen LogP contribution in [0, 0.1) is 0 Å². The molecule has 90 valence electrons. The molecule has 16 heavy (non-hydrogen) atoms. The van der Waals surface area contributed by atoms with Gasteiger partial charge in [0.15, 0.2) is 10.3 Å². The molecule has 2 atom stereocenters. The lowest BCUT2D eigenvalue weighted by Gasteiger charge is -2.23. The number of hydrogen-bond acceptors (Lipinski definition) is 4. The number of esters is 1. The van der Waals surface area contributed by atoms with Crippen LogP contribution < -0.4 is 0 Å². The molecule has 0 saturated heterocycles. The zero-order valence-corrected chi connectivity index (χ0v) is 10.5. The molecule has 1 N–H and O–H groups in total. The molecular weight excluding hydrogens is 283 g/mol. The average molecular weight is 295 g/mol. The lowest BCUT2D eigenvalue weighted by Crippen LogP contribution is -2.39. The summed E-state index contributed by atoms with van der Waals surface area (Å²) in [6, 6.07) is 2.89. The van der Waals surface area contributed by atoms with E-state index in [0.717, 1.165) is 6.92 Å². The van der Waals surface area contributed by atoms with Crippen molar-refractivity contribution in [2.75, 3.05) is 6.61 Å². The van der Waals surface area contributed by atoms with Gasteiger partial charge >= 0.3 is 5.97 Å². The molecule has 0 aliphatic rings. The van der Waals surface area contributed by atoms with Crippen LogP contribution in [0.4, 0.5) is 4.39 Å². The third-order valence-corrected chi connectivity index (χ3v) is 2.49. The van der Waals surface area contributed by atoms with Gasteiger partial charge in [0.25, 0.3) is 0 Å². The highest BCUT2D eigenvalue weighted by molar-refractivity contribution is 9.10. The van der Waals surface area contributed by atoms with Crippen molar-refractivity contribution in [2.45, 2.75) is 25.6 Å². The summed E-state index contributed by atoms with van der Waals surface area (Å²) in [5.41, 5.74) is -2.04. The van der Waals surface area contributed by atoms with E-state index in [0.29, 0.717) is 4.67 Å². The average Bonchev–Trinajstić information content (AvgIpc) is 2.64. The largest absolute Gasteiger partial charge is 0.464 e. The maximum Gasteiger partial charge on any atom is 0.344 e. The van der Waals surface area contributed by atoms with E-state index in [9.17, 15) is 14.3 Å². The number of alkyl halides is 1. The summed E-state index contributed by atoms with van der Waals surface area (Å²) in [6.45, 7) is 2.76. The van der Waals surface area contributed by atoms with Gasteiger partial charge in [0.05, 0.1) is 6.61 Å². The first-order valence-electron chi connectivity index (χ1n) is 4.68. The maximum absolute atomic E-state index is 13.7. The van der Waals surface area contributed by atoms with Gasteiger partial charge in [0, 0.05) is 0 Å². The van der Waals surface area contributed by atoms with E-state index in [2.05, 4.69) is 20.7 Å². The summed E-state index contributed by atoms with van der Waals surface area (Å²) >= 11 is 3.03. The predicted molar refractivity (Wildman–Crippen MR) is 57.5 cm³/mol. The number of aliphatic hydroxyl groups is 1. The predicted octanol–water partition coefficient (Wildman–Crippen LogP) is 2.15. The minimum absolute atomic E-state index is 0.0417. The van der Waals surface area contributed by atoms with E-state index in [1.54, 1.807) is 6.92 Å². The second-order valence-electron chi connectivity index (χ2n) is 3.37. The van der Waals surface area contributed by atoms with Crippen LogP contribution >= 0.6 is 15.9 Å². The molecule has 0 radical (unpaired) electrons. The summed E-state index contributed by atoms with van der Waals surface area (Å²) < 4.78 is 23.5. The highest BCUT2D eigenvalue weighted by Gasteiger charge is 2.43. The molecule has 1 aromatic heterocycles. The van der Waals surface area contributed by atoms with E-state index in [-0.39, 0.29) is 12.4 Å². The van der Waals surface area contributed by atoms with Gasteiger partial charge < -0.3 is 14.3 Å². The lowest BCUT2D eigenvalue weighted by molar-refractivity contribution is -0.161. The minimum atomic E-state index is -2.19. The number of carbonyl (C=O) groups excluding carboxylic acids is 1. The quantitative estimate of drug-likeness (QED) is 0.865. The van der Waals surface area contributed by atoms with Crippen molar-refractivity contribution in [2.24, 2.45) is 0 Å². The minimum Gasteiger partial charge on any atom is -0.464 e. The van der Waals surface area contributed by atoms with Crippen molar-refractivity contribution >= 4 is 21.9 Å². The van der Waals surface area contributed by atoms with E-state index < -0.39 is 17.7 Å². The molecule has 6 heteroatoms. The Balaban J connectivity index is 2.88. The molecule has 0 aliphatic carbocycles. The molecule has 0 aliphatic heterocycles. The fourth-order valence-corrected chi connectivity index (χ4v) is 1.46. The van der Waals surface area contributed by atoms with Gasteiger partial charge in [0.2, 0.25) is 6.17 Å². The molecular formula is C10H12BrFO4. The molecule has 4 nitrogen and oxygen atoms in total. The van der Waals surface area contributed by atoms with E-state index in [1.165, 1.54) is 12.1 Å². The van der Waals surface area contributed by atoms with Crippen LogP contribution in [-0.2, 0) is 15.1 Å². The second-order valence-corrected chi connectivity index (χ2v) is 4.15. The Labute approximate surface area is 101 Å². The summed E-state index contributed by atoms with van der Waals surface area (Å²) in [7, 11) is 0. The highest BCUT2D eigenvalue weighted by atomic mass is 79.9. The Morgan fingerprint density at radius 1 is 1.75 bits per heavy atom. The van der Waals surface area contributed by atoms with Crippen LogP contribution in [0.1, 0.15) is 19.6 Å². The zero-order valence-electron chi connectivity index (χ0n) is 8.87. The molecule has 0 spiro atoms. The van der Waals surface area contributed by atoms with Crippen molar-refractivity contribution in [3.05, 3.63) is 22.6 Å². The Kier molecular flexibility index (Phi) is 4.09. The van der Waals surface area contributed by atoms with Crippen molar-refractivity contribution < 1.29 is 23.4 Å². The molecule has 0 fully saturated rings. The smallest absolute Gasteiger partial charge is 0.344 e. The van der Waals surface area contributed by atoms with Gasteiger partial charge in [-0.25, -0.2) is 9.18 Å². The highest BCUT2D eigenvalue weighted by Crippen LogP contribution is 2.30. The van der Waals surface area contributed by atoms with Crippen molar-refractivity contribution in [3.8, 4) is 0 Å². The molecule has 0 aromatic carbocycles. The number of ether oxygens (including phenoxy) is 1. The van der Waals surface area contributed by atoms with Gasteiger partial charge in [0.1, 0.15) is 5.76 Å². The Bertz CT molecular complexity index is 375. The molecule has 1 aromatic rings. The number of rotatable bonds is 4. The van der Waals surface area contributed by atoms with Crippen LogP contribution in [0.2, 0.25) is 0 Å². The molecule has 2 unspecified atom stereocenters. The van der Waals surface area contributed by atoms with Gasteiger partial charge in [-0.05, 0) is 41.9 Å². The summed E-state index contributed by atoms with van der Waals surface area (Å²) in [5, 5.41) is 9.87. The summed E-state index contributed by atoms with van der Waals surface area (Å²) in [4.78, 5) is 11.2. The first-order chi connectivity index (χ1) is 7.39. The van der Waals surface area contributed by atoms with Gasteiger partial charge in [-0.3, -0.25) is 0 Å². The fraction of sp³-hybridized carbons (Fsp3) is 0.500. The molecule has 0 saturated carbocycles. The summed E-state index contributed by atoms with van der Waals surface area (Å²) in [6.07, 6.45) is -2.19. The second kappa shape index (κ2) is 4.97. The number of halogens is 2. The van der Waals surface area contributed by atoms with Crippen LogP contribution in [0.25, 0.3) is 0 Å². The Morgan fingerprint density at radius 2 is 2.38 bits per heavy atom. The fourth-order valence-electron chi connectivity index (χ4n) is 1.16. The SMILES string of the molecule is CCOC(=O)C(F)C(C)(O)c1ccc(Br)o1. The van der Waals surface area contributed by atoms with Gasteiger partial charge in [-0.1, -0.05) is 0 Å². The van der Waals surface area contributed by atoms with Crippen LogP contribution in [0.15, 0.2) is 21.2 Å². The third-order valence-electron chi connectivity index (χ3n) is 2.06. The van der Waals surface area contributed by atoms with Crippen molar-refractivity contribution in [3.63, 3.8) is 0 Å². The normalized spacial score (nSPS) is 16.6. The monoisotopic (exact) mass is 294 g/mol. The first kappa shape index (κ1) is 13.2. The number of hydrogen-bond donors (Lipinski definition) is 1. The van der Waals surface area contributed by atoms with Crippen LogP contribution in [0.3, 0.4) is 0 Å².